The Bertz CT molecular complexity index is 1090. The van der Waals surface area contributed by atoms with Crippen molar-refractivity contribution in [3.05, 3.63) is 63.6 Å². The van der Waals surface area contributed by atoms with Gasteiger partial charge in [0.05, 0.1) is 17.0 Å². The van der Waals surface area contributed by atoms with Crippen molar-refractivity contribution in [2.24, 2.45) is 0 Å². The molecule has 2 aromatic rings. The smallest absolute Gasteiger partial charge is 0.244 e. The van der Waals surface area contributed by atoms with E-state index in [1.807, 2.05) is 31.2 Å². The molecule has 0 aliphatic rings. The number of carbonyl (C=O) groups excluding carboxylic acids is 2. The number of nitrogens with one attached hydrogen (secondary N) is 1. The monoisotopic (exact) mass is 499 g/mol. The second-order valence-electron chi connectivity index (χ2n) is 7.35. The molecule has 0 fully saturated rings. The van der Waals surface area contributed by atoms with Crippen molar-refractivity contribution in [1.82, 2.24) is 10.2 Å². The molecular weight excluding hydrogens is 473 g/mol. The van der Waals surface area contributed by atoms with Crippen LogP contribution in [0, 0.1) is 6.92 Å². The fourth-order valence-electron chi connectivity index (χ4n) is 3.34. The van der Waals surface area contributed by atoms with E-state index in [1.165, 1.54) is 30.1 Å². The SMILES string of the molecule is CCC(C(=O)NC)N(Cc1ccccc1C)C(=O)CN(c1ccc(Cl)cc1Cl)S(C)(=O)=O. The molecule has 0 spiro atoms. The first-order valence-corrected chi connectivity index (χ1v) is 12.6. The van der Waals surface area contributed by atoms with E-state index in [4.69, 9.17) is 23.2 Å². The van der Waals surface area contributed by atoms with Gasteiger partial charge in [-0.25, -0.2) is 8.42 Å². The summed E-state index contributed by atoms with van der Waals surface area (Å²) in [5.41, 5.74) is 1.95. The molecule has 0 heterocycles. The number of nitrogens with zero attached hydrogens (tertiary/aromatic N) is 2. The van der Waals surface area contributed by atoms with Crippen molar-refractivity contribution in [1.29, 1.82) is 0 Å². The van der Waals surface area contributed by atoms with E-state index in [-0.39, 0.29) is 23.2 Å². The average Bonchev–Trinajstić information content (AvgIpc) is 2.72. The fraction of sp³-hybridized carbons (Fsp3) is 0.364. The molecule has 2 rings (SSSR count). The van der Waals surface area contributed by atoms with Crippen LogP contribution in [-0.2, 0) is 26.2 Å². The third-order valence-corrected chi connectivity index (χ3v) is 6.76. The van der Waals surface area contributed by atoms with Gasteiger partial charge in [-0.1, -0.05) is 54.4 Å². The van der Waals surface area contributed by atoms with Crippen LogP contribution in [0.4, 0.5) is 5.69 Å². The maximum Gasteiger partial charge on any atom is 0.244 e. The van der Waals surface area contributed by atoms with E-state index in [9.17, 15) is 18.0 Å². The number of anilines is 1. The van der Waals surface area contributed by atoms with Crippen LogP contribution in [0.15, 0.2) is 42.5 Å². The van der Waals surface area contributed by atoms with Gasteiger partial charge in [0.2, 0.25) is 21.8 Å². The van der Waals surface area contributed by atoms with Crippen molar-refractivity contribution in [3.8, 4) is 0 Å². The van der Waals surface area contributed by atoms with Gasteiger partial charge in [0.15, 0.2) is 0 Å². The number of amides is 2. The zero-order valence-corrected chi connectivity index (χ0v) is 20.8. The number of sulfonamides is 1. The summed E-state index contributed by atoms with van der Waals surface area (Å²) in [5.74, 6) is -0.856. The molecule has 0 bridgehead atoms. The maximum atomic E-state index is 13.5. The lowest BCUT2D eigenvalue weighted by atomic mass is 10.1. The maximum absolute atomic E-state index is 13.5. The van der Waals surface area contributed by atoms with Gasteiger partial charge in [-0.2, -0.15) is 0 Å². The summed E-state index contributed by atoms with van der Waals surface area (Å²) in [6, 6.07) is 11.1. The first-order chi connectivity index (χ1) is 15.0. The van der Waals surface area contributed by atoms with E-state index in [2.05, 4.69) is 5.32 Å². The minimum absolute atomic E-state index is 0.0968. The molecule has 2 amide bonds. The van der Waals surface area contributed by atoms with E-state index >= 15 is 0 Å². The Balaban J connectivity index is 2.48. The summed E-state index contributed by atoms with van der Waals surface area (Å²) in [7, 11) is -2.37. The van der Waals surface area contributed by atoms with Gasteiger partial charge in [-0.15, -0.1) is 0 Å². The van der Waals surface area contributed by atoms with Crippen molar-refractivity contribution >= 4 is 50.7 Å². The summed E-state index contributed by atoms with van der Waals surface area (Å²) in [6.45, 7) is 3.35. The number of rotatable bonds is 9. The van der Waals surface area contributed by atoms with E-state index in [0.717, 1.165) is 21.7 Å². The molecule has 0 aliphatic heterocycles. The molecule has 0 radical (unpaired) electrons. The standard InChI is InChI=1S/C22H27Cl2N3O4S/c1-5-19(22(29)25-3)26(13-16-9-7-6-8-15(16)2)21(28)14-27(32(4,30)31)20-11-10-17(23)12-18(20)24/h6-12,19H,5,13-14H2,1-4H3,(H,25,29). The molecule has 1 N–H and O–H groups in total. The van der Waals surface area contributed by atoms with Crippen LogP contribution >= 0.6 is 23.2 Å². The van der Waals surface area contributed by atoms with E-state index < -0.39 is 28.5 Å². The number of likely N-dealkylation sites (N-methyl/N-ethyl adjacent to an activating group) is 1. The molecule has 32 heavy (non-hydrogen) atoms. The Kier molecular flexibility index (Phi) is 8.95. The summed E-state index contributed by atoms with van der Waals surface area (Å²) >= 11 is 12.2. The van der Waals surface area contributed by atoms with Crippen LogP contribution in [0.2, 0.25) is 10.0 Å². The molecule has 2 aromatic carbocycles. The van der Waals surface area contributed by atoms with Crippen LogP contribution in [0.25, 0.3) is 0 Å². The zero-order chi connectivity index (χ0) is 24.1. The highest BCUT2D eigenvalue weighted by atomic mass is 35.5. The molecule has 174 valence electrons. The Morgan fingerprint density at radius 3 is 2.31 bits per heavy atom. The average molecular weight is 500 g/mol. The Morgan fingerprint density at radius 1 is 1.12 bits per heavy atom. The minimum atomic E-state index is -3.86. The Labute approximate surface area is 199 Å². The number of benzene rings is 2. The van der Waals surface area contributed by atoms with Gasteiger partial charge in [0.25, 0.3) is 0 Å². The molecule has 0 aromatic heterocycles. The van der Waals surface area contributed by atoms with Gasteiger partial charge in [-0.05, 0) is 42.7 Å². The summed E-state index contributed by atoms with van der Waals surface area (Å²) in [4.78, 5) is 27.4. The quantitative estimate of drug-likeness (QED) is 0.570. The molecule has 10 heteroatoms. The van der Waals surface area contributed by atoms with Crippen LogP contribution < -0.4 is 9.62 Å². The first-order valence-electron chi connectivity index (χ1n) is 9.97. The lowest BCUT2D eigenvalue weighted by molar-refractivity contribution is -0.140. The van der Waals surface area contributed by atoms with Crippen LogP contribution in [0.1, 0.15) is 24.5 Å². The van der Waals surface area contributed by atoms with Crippen molar-refractivity contribution < 1.29 is 18.0 Å². The topological polar surface area (TPSA) is 86.8 Å². The van der Waals surface area contributed by atoms with Gasteiger partial charge >= 0.3 is 0 Å². The predicted octanol–water partition coefficient (Wildman–Crippen LogP) is 3.62. The van der Waals surface area contributed by atoms with Gasteiger partial charge in [-0.3, -0.25) is 13.9 Å². The van der Waals surface area contributed by atoms with E-state index in [0.29, 0.717) is 11.4 Å². The lowest BCUT2D eigenvalue weighted by Crippen LogP contribution is -2.51. The van der Waals surface area contributed by atoms with Crippen LogP contribution in [0.3, 0.4) is 0 Å². The third-order valence-electron chi connectivity index (χ3n) is 5.09. The number of aryl methyl sites for hydroxylation is 1. The van der Waals surface area contributed by atoms with Gasteiger partial charge in [0, 0.05) is 18.6 Å². The fourth-order valence-corrected chi connectivity index (χ4v) is 4.76. The third kappa shape index (κ3) is 6.37. The Morgan fingerprint density at radius 2 is 1.78 bits per heavy atom. The van der Waals surface area contributed by atoms with Gasteiger partial charge < -0.3 is 10.2 Å². The predicted molar refractivity (Wildman–Crippen MR) is 129 cm³/mol. The summed E-state index contributed by atoms with van der Waals surface area (Å²) in [5, 5.41) is 3.02. The normalized spacial score (nSPS) is 12.2. The number of hydrogen-bond donors (Lipinski definition) is 1. The first kappa shape index (κ1) is 26.0. The van der Waals surface area contributed by atoms with Crippen LogP contribution in [0.5, 0.6) is 0 Å². The summed E-state index contributed by atoms with van der Waals surface area (Å²) in [6.07, 6.45) is 1.35. The molecule has 0 aliphatic carbocycles. The number of halogens is 2. The molecule has 0 saturated heterocycles. The van der Waals surface area contributed by atoms with Crippen molar-refractivity contribution in [2.45, 2.75) is 32.9 Å². The molecule has 7 nitrogen and oxygen atoms in total. The second-order valence-corrected chi connectivity index (χ2v) is 10.1. The summed E-state index contributed by atoms with van der Waals surface area (Å²) < 4.78 is 26.0. The van der Waals surface area contributed by atoms with Crippen LogP contribution in [-0.4, -0.2) is 51.0 Å². The second kappa shape index (κ2) is 11.0. The highest BCUT2D eigenvalue weighted by Gasteiger charge is 2.32. The highest BCUT2D eigenvalue weighted by molar-refractivity contribution is 7.92. The molecule has 1 atom stereocenters. The largest absolute Gasteiger partial charge is 0.357 e. The lowest BCUT2D eigenvalue weighted by Gasteiger charge is -2.33. The van der Waals surface area contributed by atoms with Gasteiger partial charge in [0.1, 0.15) is 12.6 Å². The molecular formula is C22H27Cl2N3O4S. The highest BCUT2D eigenvalue weighted by Crippen LogP contribution is 2.30. The zero-order valence-electron chi connectivity index (χ0n) is 18.4. The molecule has 1 unspecified atom stereocenters. The van der Waals surface area contributed by atoms with E-state index in [1.54, 1.807) is 6.92 Å². The number of carbonyl (C=O) groups is 2. The Hall–Kier alpha value is -2.29. The number of hydrogen-bond acceptors (Lipinski definition) is 4. The molecule has 0 saturated carbocycles. The van der Waals surface area contributed by atoms with Crippen molar-refractivity contribution in [2.75, 3.05) is 24.2 Å². The minimum Gasteiger partial charge on any atom is -0.357 e. The van der Waals surface area contributed by atoms with Crippen molar-refractivity contribution in [3.63, 3.8) is 0 Å².